The number of ether oxygens (including phenoxy) is 1. The van der Waals surface area contributed by atoms with Crippen LogP contribution in [0.2, 0.25) is 0 Å². The molecule has 2 rings (SSSR count). The Balaban J connectivity index is 1.75. The molecule has 0 atom stereocenters. The smallest absolute Gasteiger partial charge is 0.335 e. The molecule has 0 amide bonds. The number of carbonyl (C=O) groups is 1. The minimum atomic E-state index is -0.961. The molecule has 0 bridgehead atoms. The standard InChI is InChI=1S/C15H18N2O4/c1-10-14(11(2)21-17-10)9-16-6-7-20-13-5-3-4-12(8-13)15(18)19/h3-5,8,16H,6-7,9H2,1-2H3,(H,18,19). The molecule has 21 heavy (non-hydrogen) atoms. The Labute approximate surface area is 122 Å². The maximum absolute atomic E-state index is 10.8. The second kappa shape index (κ2) is 6.90. The third-order valence-corrected chi connectivity index (χ3v) is 3.11. The number of nitrogens with zero attached hydrogens (tertiary/aromatic N) is 1. The van der Waals surface area contributed by atoms with E-state index in [0.29, 0.717) is 25.4 Å². The lowest BCUT2D eigenvalue weighted by molar-refractivity contribution is 0.0696. The summed E-state index contributed by atoms with van der Waals surface area (Å²) >= 11 is 0. The number of aryl methyl sites for hydroxylation is 2. The molecule has 0 aliphatic rings. The SMILES string of the molecule is Cc1noc(C)c1CNCCOc1cccc(C(=O)O)c1. The van der Waals surface area contributed by atoms with Crippen LogP contribution in [0.4, 0.5) is 0 Å². The van der Waals surface area contributed by atoms with Gasteiger partial charge in [-0.1, -0.05) is 11.2 Å². The van der Waals surface area contributed by atoms with Crippen molar-refractivity contribution in [2.45, 2.75) is 20.4 Å². The predicted octanol–water partition coefficient (Wildman–Crippen LogP) is 2.16. The first-order valence-electron chi connectivity index (χ1n) is 6.66. The molecule has 0 saturated carbocycles. The summed E-state index contributed by atoms with van der Waals surface area (Å²) in [7, 11) is 0. The molecule has 0 saturated heterocycles. The van der Waals surface area contributed by atoms with E-state index in [2.05, 4.69) is 10.5 Å². The highest BCUT2D eigenvalue weighted by molar-refractivity contribution is 5.87. The van der Waals surface area contributed by atoms with E-state index in [0.717, 1.165) is 17.0 Å². The zero-order valence-corrected chi connectivity index (χ0v) is 12.0. The Bertz CT molecular complexity index is 602. The van der Waals surface area contributed by atoms with Gasteiger partial charge < -0.3 is 19.7 Å². The molecule has 1 aromatic carbocycles. The van der Waals surface area contributed by atoms with Crippen LogP contribution in [0.1, 0.15) is 27.4 Å². The van der Waals surface area contributed by atoms with E-state index < -0.39 is 5.97 Å². The second-order valence-corrected chi connectivity index (χ2v) is 4.66. The van der Waals surface area contributed by atoms with Crippen molar-refractivity contribution in [1.82, 2.24) is 10.5 Å². The lowest BCUT2D eigenvalue weighted by Gasteiger charge is -2.08. The van der Waals surface area contributed by atoms with Crippen molar-refractivity contribution >= 4 is 5.97 Å². The van der Waals surface area contributed by atoms with Crippen molar-refractivity contribution in [2.75, 3.05) is 13.2 Å². The number of aromatic nitrogens is 1. The summed E-state index contributed by atoms with van der Waals surface area (Å²) in [6, 6.07) is 6.44. The van der Waals surface area contributed by atoms with E-state index in [-0.39, 0.29) is 5.56 Å². The lowest BCUT2D eigenvalue weighted by atomic mass is 10.2. The molecule has 6 nitrogen and oxygen atoms in total. The van der Waals surface area contributed by atoms with Gasteiger partial charge in [-0.25, -0.2) is 4.79 Å². The number of aromatic carboxylic acids is 1. The molecule has 0 aliphatic carbocycles. The highest BCUT2D eigenvalue weighted by atomic mass is 16.5. The second-order valence-electron chi connectivity index (χ2n) is 4.66. The van der Waals surface area contributed by atoms with Crippen molar-refractivity contribution in [2.24, 2.45) is 0 Å². The van der Waals surface area contributed by atoms with E-state index in [1.807, 2.05) is 13.8 Å². The highest BCUT2D eigenvalue weighted by Crippen LogP contribution is 2.13. The molecule has 2 N–H and O–H groups in total. The average molecular weight is 290 g/mol. The average Bonchev–Trinajstić information content (AvgIpc) is 2.78. The first-order valence-corrected chi connectivity index (χ1v) is 6.66. The Morgan fingerprint density at radius 2 is 2.24 bits per heavy atom. The summed E-state index contributed by atoms with van der Waals surface area (Å²) in [6.45, 7) is 5.54. The third kappa shape index (κ3) is 4.06. The van der Waals surface area contributed by atoms with Crippen molar-refractivity contribution in [3.8, 4) is 5.75 Å². The van der Waals surface area contributed by atoms with Crippen LogP contribution in [0, 0.1) is 13.8 Å². The fourth-order valence-electron chi connectivity index (χ4n) is 1.93. The highest BCUT2D eigenvalue weighted by Gasteiger charge is 2.08. The number of carboxylic acid groups (broad SMARTS) is 1. The van der Waals surface area contributed by atoms with Gasteiger partial charge in [0.05, 0.1) is 11.3 Å². The summed E-state index contributed by atoms with van der Waals surface area (Å²) in [6.07, 6.45) is 0. The Hall–Kier alpha value is -2.34. The van der Waals surface area contributed by atoms with Gasteiger partial charge in [0.25, 0.3) is 0 Å². The largest absolute Gasteiger partial charge is 0.492 e. The van der Waals surface area contributed by atoms with Gasteiger partial charge in [-0.05, 0) is 32.0 Å². The fourth-order valence-corrected chi connectivity index (χ4v) is 1.93. The van der Waals surface area contributed by atoms with E-state index in [4.69, 9.17) is 14.4 Å². The van der Waals surface area contributed by atoms with Crippen LogP contribution >= 0.6 is 0 Å². The number of hydrogen-bond acceptors (Lipinski definition) is 5. The maximum atomic E-state index is 10.8. The Morgan fingerprint density at radius 1 is 1.43 bits per heavy atom. The summed E-state index contributed by atoms with van der Waals surface area (Å²) in [5.74, 6) is 0.404. The van der Waals surface area contributed by atoms with Gasteiger partial charge in [0, 0.05) is 18.7 Å². The molecular formula is C15H18N2O4. The number of nitrogens with one attached hydrogen (secondary N) is 1. The molecule has 0 radical (unpaired) electrons. The van der Waals surface area contributed by atoms with Gasteiger partial charge in [-0.2, -0.15) is 0 Å². The van der Waals surface area contributed by atoms with E-state index >= 15 is 0 Å². The summed E-state index contributed by atoms with van der Waals surface area (Å²) in [5, 5.41) is 16.0. The van der Waals surface area contributed by atoms with Crippen molar-refractivity contribution in [1.29, 1.82) is 0 Å². The monoisotopic (exact) mass is 290 g/mol. The van der Waals surface area contributed by atoms with Gasteiger partial charge in [0.1, 0.15) is 18.1 Å². The maximum Gasteiger partial charge on any atom is 0.335 e. The molecule has 2 aromatic rings. The minimum absolute atomic E-state index is 0.219. The molecule has 0 aliphatic heterocycles. The predicted molar refractivity (Wildman–Crippen MR) is 76.6 cm³/mol. The molecule has 0 fully saturated rings. The minimum Gasteiger partial charge on any atom is -0.492 e. The first-order chi connectivity index (χ1) is 10.1. The van der Waals surface area contributed by atoms with Crippen LogP contribution < -0.4 is 10.1 Å². The van der Waals surface area contributed by atoms with Gasteiger partial charge in [-0.3, -0.25) is 0 Å². The molecule has 1 heterocycles. The van der Waals surface area contributed by atoms with Crippen LogP contribution in [0.15, 0.2) is 28.8 Å². The van der Waals surface area contributed by atoms with E-state index in [1.54, 1.807) is 12.1 Å². The molecule has 0 spiro atoms. The lowest BCUT2D eigenvalue weighted by Crippen LogP contribution is -2.21. The van der Waals surface area contributed by atoms with Crippen LogP contribution in [0.5, 0.6) is 5.75 Å². The first kappa shape index (κ1) is 15.1. The molecular weight excluding hydrogens is 272 g/mol. The molecule has 0 unspecified atom stereocenters. The van der Waals surface area contributed by atoms with Gasteiger partial charge >= 0.3 is 5.97 Å². The Kier molecular flexibility index (Phi) is 4.94. The van der Waals surface area contributed by atoms with Gasteiger partial charge in [0.15, 0.2) is 0 Å². The summed E-state index contributed by atoms with van der Waals surface area (Å²) < 4.78 is 10.6. The number of benzene rings is 1. The normalized spacial score (nSPS) is 10.6. The number of rotatable bonds is 7. The van der Waals surface area contributed by atoms with Gasteiger partial charge in [-0.15, -0.1) is 0 Å². The van der Waals surface area contributed by atoms with Crippen molar-refractivity contribution in [3.63, 3.8) is 0 Å². The van der Waals surface area contributed by atoms with E-state index in [9.17, 15) is 4.79 Å². The van der Waals surface area contributed by atoms with Crippen LogP contribution in [-0.2, 0) is 6.54 Å². The molecule has 1 aromatic heterocycles. The molecule has 112 valence electrons. The fraction of sp³-hybridized carbons (Fsp3) is 0.333. The molecule has 6 heteroatoms. The van der Waals surface area contributed by atoms with Crippen LogP contribution in [-0.4, -0.2) is 29.4 Å². The Morgan fingerprint density at radius 3 is 2.90 bits per heavy atom. The summed E-state index contributed by atoms with van der Waals surface area (Å²) in [4.78, 5) is 10.8. The van der Waals surface area contributed by atoms with Crippen molar-refractivity contribution in [3.05, 3.63) is 46.8 Å². The topological polar surface area (TPSA) is 84.6 Å². The zero-order chi connectivity index (χ0) is 15.2. The third-order valence-electron chi connectivity index (χ3n) is 3.11. The van der Waals surface area contributed by atoms with Crippen molar-refractivity contribution < 1.29 is 19.2 Å². The van der Waals surface area contributed by atoms with Gasteiger partial charge in [0.2, 0.25) is 0 Å². The number of hydrogen-bond donors (Lipinski definition) is 2. The zero-order valence-electron chi connectivity index (χ0n) is 12.0. The number of carboxylic acids is 1. The summed E-state index contributed by atoms with van der Waals surface area (Å²) in [5.41, 5.74) is 2.16. The van der Waals surface area contributed by atoms with E-state index in [1.165, 1.54) is 12.1 Å². The van der Waals surface area contributed by atoms with Crippen LogP contribution in [0.25, 0.3) is 0 Å². The van der Waals surface area contributed by atoms with Crippen LogP contribution in [0.3, 0.4) is 0 Å². The quantitative estimate of drug-likeness (QED) is 0.760.